The quantitative estimate of drug-likeness (QED) is 0.612. The molecule has 2 aliphatic heterocycles. The number of rotatable bonds is 1. The monoisotopic (exact) mass is 355 g/mol. The van der Waals surface area contributed by atoms with Gasteiger partial charge in [0.1, 0.15) is 7.43 Å². The zero-order chi connectivity index (χ0) is 16.9. The van der Waals surface area contributed by atoms with E-state index < -0.39 is 7.43 Å². The van der Waals surface area contributed by atoms with Crippen LogP contribution in [0.4, 0.5) is 11.4 Å². The summed E-state index contributed by atoms with van der Waals surface area (Å²) in [5.41, 5.74) is 4.76. The minimum atomic E-state index is -1.05. The maximum absolute atomic E-state index is 6.88. The molecule has 0 fully saturated rings. The number of hydrogen-bond acceptors (Lipinski definition) is 3. The molecule has 0 aliphatic carbocycles. The third-order valence-corrected chi connectivity index (χ3v) is 7.12. The lowest BCUT2D eigenvalue weighted by Crippen LogP contribution is -2.24. The van der Waals surface area contributed by atoms with Gasteiger partial charge in [-0.2, -0.15) is 5.10 Å². The van der Waals surface area contributed by atoms with Crippen LogP contribution in [-0.4, -0.2) is 13.3 Å². The van der Waals surface area contributed by atoms with Crippen LogP contribution in [0.2, 0.25) is 0 Å². The van der Waals surface area contributed by atoms with Gasteiger partial charge in [0, 0.05) is 23.8 Å². The number of para-hydroxylation sites is 2. The van der Waals surface area contributed by atoms with Gasteiger partial charge in [-0.1, -0.05) is 61.5 Å². The van der Waals surface area contributed by atoms with E-state index in [1.165, 1.54) is 16.9 Å². The Bertz CT molecular complexity index is 845. The minimum Gasteiger partial charge on any atom is -0.346 e. The van der Waals surface area contributed by atoms with E-state index in [2.05, 4.69) is 55.2 Å². The van der Waals surface area contributed by atoms with E-state index in [-0.39, 0.29) is 5.41 Å². The largest absolute Gasteiger partial charge is 0.346 e. The average molecular weight is 356 g/mol. The lowest BCUT2D eigenvalue weighted by molar-refractivity contribution is 0.640. The fourth-order valence-corrected chi connectivity index (χ4v) is 5.82. The van der Waals surface area contributed by atoms with Gasteiger partial charge < -0.3 is 4.90 Å². The van der Waals surface area contributed by atoms with Crippen molar-refractivity contribution in [1.82, 2.24) is 0 Å². The number of anilines is 2. The Balaban J connectivity index is 1.80. The molecular weight excluding hydrogens is 337 g/mol. The molecule has 0 aromatic heterocycles. The van der Waals surface area contributed by atoms with Crippen molar-refractivity contribution in [1.29, 1.82) is 0 Å². The maximum atomic E-state index is 6.88. The highest BCUT2D eigenvalue weighted by atomic mass is 35.7. The van der Waals surface area contributed by atoms with Gasteiger partial charge in [-0.25, -0.2) is 4.78 Å². The van der Waals surface area contributed by atoms with Crippen molar-refractivity contribution in [2.45, 2.75) is 19.3 Å². The molecule has 5 heteroatoms. The summed E-state index contributed by atoms with van der Waals surface area (Å²) in [5, 5.41) is 5.72. The molecule has 0 bridgehead atoms. The van der Waals surface area contributed by atoms with Crippen molar-refractivity contribution in [2.75, 3.05) is 16.7 Å². The van der Waals surface area contributed by atoms with E-state index in [4.69, 9.17) is 11.2 Å². The number of halogens is 1. The smallest absolute Gasteiger partial charge is 0.147 e. The van der Waals surface area contributed by atoms with E-state index in [9.17, 15) is 0 Å². The van der Waals surface area contributed by atoms with Gasteiger partial charge in [0.25, 0.3) is 0 Å². The predicted molar refractivity (Wildman–Crippen MR) is 105 cm³/mol. The van der Waals surface area contributed by atoms with Crippen LogP contribution in [0.25, 0.3) is 0 Å². The fourth-order valence-electron chi connectivity index (χ4n) is 3.64. The summed E-state index contributed by atoms with van der Waals surface area (Å²) in [4.78, 5) is 2.27. The molecule has 2 aromatic rings. The van der Waals surface area contributed by atoms with E-state index in [0.29, 0.717) is 0 Å². The van der Waals surface area contributed by atoms with Crippen molar-refractivity contribution >= 4 is 36.3 Å². The summed E-state index contributed by atoms with van der Waals surface area (Å²) >= 11 is 6.88. The number of hydrogen-bond donors (Lipinski definition) is 0. The lowest BCUT2D eigenvalue weighted by atomic mass is 9.84. The number of hydrazone groups is 1. The Kier molecular flexibility index (Phi) is 3.67. The van der Waals surface area contributed by atoms with Gasteiger partial charge in [-0.15, -0.1) is 0 Å². The SMILES string of the molecule is CN1/C(=C2\C=NN(c3ccccc3)P2Cl)C(C)(C)c2ccccc21. The van der Waals surface area contributed by atoms with Crippen molar-refractivity contribution in [3.05, 3.63) is 71.2 Å². The summed E-state index contributed by atoms with van der Waals surface area (Å²) in [6.07, 6.45) is 1.94. The molecule has 0 amide bonds. The first-order valence-corrected chi connectivity index (χ1v) is 10.1. The normalized spacial score (nSPS) is 24.6. The Morgan fingerprint density at radius 1 is 1.00 bits per heavy atom. The highest BCUT2D eigenvalue weighted by Crippen LogP contribution is 2.62. The standard InChI is InChI=1S/C19H19ClN3P/c1-19(2)15-11-7-8-12-16(15)22(3)18(19)17-13-21-23(24(17)20)14-9-5-4-6-10-14/h4-13H,1-3H3/b18-17+. The second-order valence-electron chi connectivity index (χ2n) is 6.56. The summed E-state index contributed by atoms with van der Waals surface area (Å²) in [7, 11) is 1.07. The number of allylic oxidation sites excluding steroid dienone is 2. The molecule has 2 aromatic carbocycles. The zero-order valence-electron chi connectivity index (χ0n) is 13.9. The fraction of sp³-hybridized carbons (Fsp3) is 0.211. The van der Waals surface area contributed by atoms with E-state index in [1.807, 2.05) is 41.3 Å². The van der Waals surface area contributed by atoms with Gasteiger partial charge >= 0.3 is 0 Å². The van der Waals surface area contributed by atoms with Crippen LogP contribution in [0.3, 0.4) is 0 Å². The molecule has 0 saturated carbocycles. The maximum Gasteiger partial charge on any atom is 0.147 e. The molecule has 1 atom stereocenters. The molecule has 0 spiro atoms. The van der Waals surface area contributed by atoms with Gasteiger partial charge in [0.15, 0.2) is 0 Å². The minimum absolute atomic E-state index is 0.0884. The Morgan fingerprint density at radius 2 is 1.67 bits per heavy atom. The molecule has 2 heterocycles. The van der Waals surface area contributed by atoms with Crippen molar-refractivity contribution < 1.29 is 0 Å². The van der Waals surface area contributed by atoms with Crippen LogP contribution >= 0.6 is 18.7 Å². The van der Waals surface area contributed by atoms with E-state index >= 15 is 0 Å². The van der Waals surface area contributed by atoms with Gasteiger partial charge in [-0.3, -0.25) is 0 Å². The first-order chi connectivity index (χ1) is 11.5. The first-order valence-electron chi connectivity index (χ1n) is 7.95. The highest BCUT2D eigenvalue weighted by molar-refractivity contribution is 7.89. The average Bonchev–Trinajstić information content (AvgIpc) is 3.05. The zero-order valence-corrected chi connectivity index (χ0v) is 15.6. The third kappa shape index (κ3) is 2.19. The Morgan fingerprint density at radius 3 is 2.38 bits per heavy atom. The molecule has 1 unspecified atom stereocenters. The highest BCUT2D eigenvalue weighted by Gasteiger charge is 2.43. The summed E-state index contributed by atoms with van der Waals surface area (Å²) in [6.45, 7) is 4.52. The Hall–Kier alpha value is -1.83. The predicted octanol–water partition coefficient (Wildman–Crippen LogP) is 5.68. The van der Waals surface area contributed by atoms with Crippen LogP contribution < -0.4 is 9.68 Å². The second kappa shape index (κ2) is 5.61. The Labute approximate surface area is 148 Å². The number of nitrogens with zero attached hydrogens (tertiary/aromatic N) is 3. The topological polar surface area (TPSA) is 18.8 Å². The van der Waals surface area contributed by atoms with Crippen LogP contribution in [0, 0.1) is 0 Å². The molecule has 0 radical (unpaired) electrons. The summed E-state index contributed by atoms with van der Waals surface area (Å²) in [5.74, 6) is 0. The van der Waals surface area contributed by atoms with Crippen molar-refractivity contribution in [3.8, 4) is 0 Å². The molecule has 3 nitrogen and oxygen atoms in total. The van der Waals surface area contributed by atoms with Crippen molar-refractivity contribution in [2.24, 2.45) is 5.10 Å². The van der Waals surface area contributed by atoms with Crippen LogP contribution in [0.15, 0.2) is 70.7 Å². The van der Waals surface area contributed by atoms with Crippen LogP contribution in [0.5, 0.6) is 0 Å². The summed E-state index contributed by atoms with van der Waals surface area (Å²) in [6, 6.07) is 18.7. The number of benzene rings is 2. The molecular formula is C19H19ClN3P. The molecule has 0 saturated heterocycles. The lowest BCUT2D eigenvalue weighted by Gasteiger charge is -2.28. The number of likely N-dealkylation sites (N-methyl/N-ethyl adjacent to an activating group) is 1. The molecule has 0 N–H and O–H groups in total. The molecule has 4 rings (SSSR count). The number of fused-ring (bicyclic) bond motifs is 1. The van der Waals surface area contributed by atoms with Gasteiger partial charge in [-0.05, 0) is 23.8 Å². The molecule has 24 heavy (non-hydrogen) atoms. The molecule has 122 valence electrons. The van der Waals surface area contributed by atoms with E-state index in [1.54, 1.807) is 0 Å². The van der Waals surface area contributed by atoms with E-state index in [0.717, 1.165) is 11.0 Å². The molecule has 2 aliphatic rings. The van der Waals surface area contributed by atoms with Crippen molar-refractivity contribution in [3.63, 3.8) is 0 Å². The third-order valence-electron chi connectivity index (χ3n) is 4.75. The van der Waals surface area contributed by atoms with Gasteiger partial charge in [0.05, 0.1) is 17.2 Å². The van der Waals surface area contributed by atoms with Crippen LogP contribution in [-0.2, 0) is 5.41 Å². The van der Waals surface area contributed by atoms with Gasteiger partial charge in [0.2, 0.25) is 0 Å². The second-order valence-corrected chi connectivity index (χ2v) is 8.91. The first kappa shape index (κ1) is 15.7. The summed E-state index contributed by atoms with van der Waals surface area (Å²) < 4.78 is 1.94. The van der Waals surface area contributed by atoms with Crippen LogP contribution in [0.1, 0.15) is 19.4 Å².